The van der Waals surface area contributed by atoms with Crippen LogP contribution in [0.4, 0.5) is 5.82 Å². The summed E-state index contributed by atoms with van der Waals surface area (Å²) >= 11 is 0. The highest BCUT2D eigenvalue weighted by atomic mass is 16.5. The van der Waals surface area contributed by atoms with Crippen LogP contribution in [0.15, 0.2) is 55.0 Å². The minimum absolute atomic E-state index is 0.118. The Morgan fingerprint density at radius 3 is 2.70 bits per heavy atom. The predicted molar refractivity (Wildman–Crippen MR) is 125 cm³/mol. The first kappa shape index (κ1) is 21.0. The number of anilines is 1. The van der Waals surface area contributed by atoms with E-state index in [9.17, 15) is 4.79 Å². The number of fused-ring (bicyclic) bond motifs is 1. The molecule has 4 aromatic rings. The highest BCUT2D eigenvalue weighted by Crippen LogP contribution is 2.24. The highest BCUT2D eigenvalue weighted by molar-refractivity contribution is 6.04. The fourth-order valence-corrected chi connectivity index (χ4v) is 3.93. The van der Waals surface area contributed by atoms with Gasteiger partial charge in [-0.2, -0.15) is 5.10 Å². The number of carbonyl (C=O) groups excluding carboxylic acids is 1. The van der Waals surface area contributed by atoms with Crippen LogP contribution in [-0.4, -0.2) is 62.0 Å². The van der Waals surface area contributed by atoms with Crippen LogP contribution in [0.1, 0.15) is 23.2 Å². The summed E-state index contributed by atoms with van der Waals surface area (Å²) in [5.41, 5.74) is 3.23. The van der Waals surface area contributed by atoms with Gasteiger partial charge in [-0.25, -0.2) is 4.98 Å². The van der Waals surface area contributed by atoms with Gasteiger partial charge in [0.25, 0.3) is 5.91 Å². The highest BCUT2D eigenvalue weighted by Gasteiger charge is 2.19. The number of nitrogens with one attached hydrogen (secondary N) is 1. The van der Waals surface area contributed by atoms with Crippen LogP contribution in [-0.2, 0) is 7.05 Å². The lowest BCUT2D eigenvalue weighted by atomic mass is 10.1. The SMILES string of the molecule is CN1CCC(Oc2cc(C(=O)Nc3cc4cc(-c5cnn(C)c5)ccc4nn3)ccn2)CC1. The zero-order valence-corrected chi connectivity index (χ0v) is 18.6. The van der Waals surface area contributed by atoms with Crippen LogP contribution in [0.25, 0.3) is 22.0 Å². The zero-order valence-electron chi connectivity index (χ0n) is 18.6. The average Bonchev–Trinajstić information content (AvgIpc) is 3.26. The molecule has 168 valence electrons. The van der Waals surface area contributed by atoms with Crippen molar-refractivity contribution in [3.05, 3.63) is 60.6 Å². The number of piperidine rings is 1. The largest absolute Gasteiger partial charge is 0.474 e. The van der Waals surface area contributed by atoms with Gasteiger partial charge in [0.2, 0.25) is 5.88 Å². The maximum atomic E-state index is 12.8. The normalized spacial score (nSPS) is 15.0. The first-order chi connectivity index (χ1) is 16.0. The van der Waals surface area contributed by atoms with Crippen LogP contribution < -0.4 is 10.1 Å². The molecule has 0 bridgehead atoms. The third-order valence-electron chi connectivity index (χ3n) is 5.82. The Bertz CT molecular complexity index is 1290. The summed E-state index contributed by atoms with van der Waals surface area (Å²) in [6.45, 7) is 1.99. The third-order valence-corrected chi connectivity index (χ3v) is 5.82. The zero-order chi connectivity index (χ0) is 22.8. The van der Waals surface area contributed by atoms with Crippen molar-refractivity contribution in [2.45, 2.75) is 18.9 Å². The lowest BCUT2D eigenvalue weighted by Gasteiger charge is -2.28. The number of nitrogens with zero attached hydrogens (tertiary/aromatic N) is 6. The monoisotopic (exact) mass is 443 g/mol. The Morgan fingerprint density at radius 2 is 1.91 bits per heavy atom. The molecule has 1 N–H and O–H groups in total. The second-order valence-corrected chi connectivity index (χ2v) is 8.36. The number of aromatic nitrogens is 5. The molecule has 9 nitrogen and oxygen atoms in total. The van der Waals surface area contributed by atoms with E-state index in [0.717, 1.165) is 48.0 Å². The minimum atomic E-state index is -0.289. The molecule has 1 aliphatic heterocycles. The standard InChI is InChI=1S/C24H25N7O2/c1-30-9-6-20(7-10-30)33-23-13-17(5-8-25-23)24(32)27-22-12-18-11-16(3-4-21(18)28-29-22)19-14-26-31(2)15-19/h3-5,8,11-15,20H,6-7,9-10H2,1-2H3,(H,27,29,32). The molecular formula is C24H25N7O2. The molecule has 0 saturated carbocycles. The van der Waals surface area contributed by atoms with Crippen LogP contribution in [0.2, 0.25) is 0 Å². The fourth-order valence-electron chi connectivity index (χ4n) is 3.93. The van der Waals surface area contributed by atoms with Crippen molar-refractivity contribution in [1.82, 2.24) is 29.9 Å². The van der Waals surface area contributed by atoms with Crippen LogP contribution >= 0.6 is 0 Å². The first-order valence-electron chi connectivity index (χ1n) is 10.9. The molecule has 0 radical (unpaired) electrons. The second kappa shape index (κ2) is 8.95. The number of aryl methyl sites for hydroxylation is 1. The summed E-state index contributed by atoms with van der Waals surface area (Å²) in [4.78, 5) is 19.4. The fraction of sp³-hybridized carbons (Fsp3) is 0.292. The van der Waals surface area contributed by atoms with Gasteiger partial charge in [0.1, 0.15) is 6.10 Å². The average molecular weight is 444 g/mol. The van der Waals surface area contributed by atoms with Gasteiger partial charge < -0.3 is 15.0 Å². The molecule has 1 fully saturated rings. The van der Waals surface area contributed by atoms with Gasteiger partial charge in [0.15, 0.2) is 5.82 Å². The number of amides is 1. The molecule has 5 rings (SSSR count). The molecule has 1 aliphatic rings. The smallest absolute Gasteiger partial charge is 0.257 e. The van der Waals surface area contributed by atoms with E-state index in [2.05, 4.69) is 37.5 Å². The summed E-state index contributed by atoms with van der Waals surface area (Å²) in [5.74, 6) is 0.552. The van der Waals surface area contributed by atoms with Gasteiger partial charge in [-0.3, -0.25) is 9.48 Å². The van der Waals surface area contributed by atoms with Crippen molar-refractivity contribution in [2.24, 2.45) is 7.05 Å². The molecule has 33 heavy (non-hydrogen) atoms. The molecule has 1 amide bonds. The number of rotatable bonds is 5. The maximum Gasteiger partial charge on any atom is 0.257 e. The Hall–Kier alpha value is -3.85. The molecule has 0 spiro atoms. The van der Waals surface area contributed by atoms with Crippen molar-refractivity contribution in [3.8, 4) is 17.0 Å². The van der Waals surface area contributed by atoms with Gasteiger partial charge in [-0.05, 0) is 49.7 Å². The molecule has 0 aliphatic carbocycles. The Morgan fingerprint density at radius 1 is 1.06 bits per heavy atom. The molecule has 1 aromatic carbocycles. The first-order valence-corrected chi connectivity index (χ1v) is 10.9. The van der Waals surface area contributed by atoms with Gasteiger partial charge in [0.05, 0.1) is 11.7 Å². The van der Waals surface area contributed by atoms with Crippen molar-refractivity contribution >= 4 is 22.6 Å². The number of carbonyl (C=O) groups is 1. The number of hydrogen-bond donors (Lipinski definition) is 1. The van der Waals surface area contributed by atoms with Gasteiger partial charge in [-0.15, -0.1) is 10.2 Å². The summed E-state index contributed by atoms with van der Waals surface area (Å²) in [7, 11) is 3.99. The van der Waals surface area contributed by atoms with Gasteiger partial charge in [0, 0.05) is 55.1 Å². The van der Waals surface area contributed by atoms with Crippen LogP contribution in [0.5, 0.6) is 5.88 Å². The van der Waals surface area contributed by atoms with Crippen molar-refractivity contribution in [3.63, 3.8) is 0 Å². The molecular weight excluding hydrogens is 418 g/mol. The van der Waals surface area contributed by atoms with E-state index in [1.54, 1.807) is 23.0 Å². The summed E-state index contributed by atoms with van der Waals surface area (Å²) in [6.07, 6.45) is 7.36. The predicted octanol–water partition coefficient (Wildman–Crippen LogP) is 3.15. The van der Waals surface area contributed by atoms with E-state index < -0.39 is 0 Å². The quantitative estimate of drug-likeness (QED) is 0.506. The maximum absolute atomic E-state index is 12.8. The van der Waals surface area contributed by atoms with Crippen molar-refractivity contribution in [2.75, 3.05) is 25.5 Å². The van der Waals surface area contributed by atoms with E-state index in [0.29, 0.717) is 17.3 Å². The second-order valence-electron chi connectivity index (χ2n) is 8.36. The number of ether oxygens (including phenoxy) is 1. The molecule has 1 saturated heterocycles. The van der Waals surface area contributed by atoms with E-state index in [-0.39, 0.29) is 12.0 Å². The Balaban J connectivity index is 1.31. The molecule has 0 unspecified atom stereocenters. The van der Waals surface area contributed by atoms with Crippen molar-refractivity contribution in [1.29, 1.82) is 0 Å². The topological polar surface area (TPSA) is 98.1 Å². The van der Waals surface area contributed by atoms with Gasteiger partial charge >= 0.3 is 0 Å². The summed E-state index contributed by atoms with van der Waals surface area (Å²) in [5, 5.41) is 16.3. The Kier molecular flexibility index (Phi) is 5.70. The summed E-state index contributed by atoms with van der Waals surface area (Å²) in [6, 6.07) is 11.0. The van der Waals surface area contributed by atoms with Crippen molar-refractivity contribution < 1.29 is 9.53 Å². The van der Waals surface area contributed by atoms with Gasteiger partial charge in [-0.1, -0.05) is 6.07 Å². The number of benzene rings is 1. The molecule has 9 heteroatoms. The van der Waals surface area contributed by atoms with E-state index in [1.807, 2.05) is 43.7 Å². The number of hydrogen-bond acceptors (Lipinski definition) is 7. The lowest BCUT2D eigenvalue weighted by Crippen LogP contribution is -2.35. The number of likely N-dealkylation sites (tertiary alicyclic amines) is 1. The lowest BCUT2D eigenvalue weighted by molar-refractivity contribution is 0.101. The molecule has 3 aromatic heterocycles. The van der Waals surface area contributed by atoms with Crippen LogP contribution in [0, 0.1) is 0 Å². The van der Waals surface area contributed by atoms with E-state index in [1.165, 1.54) is 0 Å². The van der Waals surface area contributed by atoms with Crippen LogP contribution in [0.3, 0.4) is 0 Å². The Labute approximate surface area is 191 Å². The molecule has 4 heterocycles. The summed E-state index contributed by atoms with van der Waals surface area (Å²) < 4.78 is 7.77. The molecule has 0 atom stereocenters. The van der Waals surface area contributed by atoms with E-state index in [4.69, 9.17) is 4.74 Å². The minimum Gasteiger partial charge on any atom is -0.474 e. The third kappa shape index (κ3) is 4.83. The van der Waals surface area contributed by atoms with E-state index >= 15 is 0 Å². The number of pyridine rings is 1.